The van der Waals surface area contributed by atoms with Gasteiger partial charge >= 0.3 is 0 Å². The van der Waals surface area contributed by atoms with Crippen LogP contribution < -0.4 is 16.4 Å². The van der Waals surface area contributed by atoms with Crippen LogP contribution in [0.5, 0.6) is 0 Å². The van der Waals surface area contributed by atoms with Crippen molar-refractivity contribution >= 4 is 17.5 Å². The minimum absolute atomic E-state index is 0.0350. The molecule has 0 aromatic heterocycles. The number of hydrogen-bond acceptors (Lipinski definition) is 4. The Balaban J connectivity index is 2.11. The van der Waals surface area contributed by atoms with Crippen LogP contribution in [-0.4, -0.2) is 35.6 Å². The summed E-state index contributed by atoms with van der Waals surface area (Å²) in [5.41, 5.74) is 5.65. The average Bonchev–Trinajstić information content (AvgIpc) is 2.53. The summed E-state index contributed by atoms with van der Waals surface area (Å²) in [5.74, 6) is -0.441. The molecule has 2 atom stereocenters. The Morgan fingerprint density at radius 2 is 1.96 bits per heavy atom. The summed E-state index contributed by atoms with van der Waals surface area (Å²) in [6.45, 7) is 12.2. The maximum atomic E-state index is 12.8. The zero-order chi connectivity index (χ0) is 19.8. The van der Waals surface area contributed by atoms with Crippen molar-refractivity contribution in [3.63, 3.8) is 0 Å². The molecule has 1 aromatic carbocycles. The summed E-state index contributed by atoms with van der Waals surface area (Å²) >= 11 is 0. The second-order valence-electron chi connectivity index (χ2n) is 8.58. The van der Waals surface area contributed by atoms with Gasteiger partial charge in [-0.05, 0) is 45.9 Å². The molecular weight excluding hydrogens is 330 g/mol. The highest BCUT2D eigenvalue weighted by Crippen LogP contribution is 2.50. The molecule has 0 saturated heterocycles. The van der Waals surface area contributed by atoms with Crippen LogP contribution in [0.15, 0.2) is 24.3 Å². The van der Waals surface area contributed by atoms with E-state index >= 15 is 0 Å². The van der Waals surface area contributed by atoms with E-state index in [0.717, 1.165) is 0 Å². The lowest BCUT2D eigenvalue weighted by Gasteiger charge is -2.57. The number of amides is 2. The number of nitrogens with one attached hydrogen (secondary N) is 2. The highest BCUT2D eigenvalue weighted by Gasteiger charge is 2.62. The standard InChI is InChI=1S/C20H31N3O3/c1-7-26-15-12-20(21,19(15,5)6)17(25)22-14-10-8-9-13(11-14)16(24)23-18(2,3)4/h8-11,15H,7,12,21H2,1-6H3,(H,22,25)(H,23,24). The largest absolute Gasteiger partial charge is 0.378 e. The number of anilines is 1. The maximum Gasteiger partial charge on any atom is 0.251 e. The zero-order valence-corrected chi connectivity index (χ0v) is 16.6. The summed E-state index contributed by atoms with van der Waals surface area (Å²) in [6, 6.07) is 6.87. The Hall–Kier alpha value is -1.92. The van der Waals surface area contributed by atoms with E-state index in [1.54, 1.807) is 24.3 Å². The van der Waals surface area contributed by atoms with Gasteiger partial charge in [-0.3, -0.25) is 9.59 Å². The zero-order valence-electron chi connectivity index (χ0n) is 16.6. The lowest BCUT2D eigenvalue weighted by Crippen LogP contribution is -2.74. The fourth-order valence-electron chi connectivity index (χ4n) is 3.21. The van der Waals surface area contributed by atoms with E-state index in [0.29, 0.717) is 24.3 Å². The Labute approximate surface area is 155 Å². The van der Waals surface area contributed by atoms with Crippen molar-refractivity contribution in [3.05, 3.63) is 29.8 Å². The van der Waals surface area contributed by atoms with Gasteiger partial charge in [0.25, 0.3) is 5.91 Å². The van der Waals surface area contributed by atoms with E-state index in [4.69, 9.17) is 10.5 Å². The van der Waals surface area contributed by atoms with Crippen LogP contribution in [-0.2, 0) is 9.53 Å². The third kappa shape index (κ3) is 3.91. The van der Waals surface area contributed by atoms with Crippen LogP contribution >= 0.6 is 0 Å². The van der Waals surface area contributed by atoms with Gasteiger partial charge in [0.1, 0.15) is 5.54 Å². The molecule has 2 rings (SSSR count). The van der Waals surface area contributed by atoms with E-state index in [1.807, 2.05) is 41.5 Å². The molecule has 0 radical (unpaired) electrons. The van der Waals surface area contributed by atoms with Gasteiger partial charge in [-0.2, -0.15) is 0 Å². The molecule has 0 aliphatic heterocycles. The molecule has 6 nitrogen and oxygen atoms in total. The van der Waals surface area contributed by atoms with Gasteiger partial charge in [0.05, 0.1) is 6.10 Å². The molecule has 26 heavy (non-hydrogen) atoms. The van der Waals surface area contributed by atoms with E-state index in [-0.39, 0.29) is 23.5 Å². The summed E-state index contributed by atoms with van der Waals surface area (Å²) in [6.07, 6.45) is 0.441. The minimum Gasteiger partial charge on any atom is -0.378 e. The quantitative estimate of drug-likeness (QED) is 0.752. The number of carbonyl (C=O) groups excluding carboxylic acids is 2. The molecular formula is C20H31N3O3. The molecule has 1 aliphatic rings. The number of ether oxygens (including phenoxy) is 1. The summed E-state index contributed by atoms with van der Waals surface area (Å²) < 4.78 is 5.67. The maximum absolute atomic E-state index is 12.8. The summed E-state index contributed by atoms with van der Waals surface area (Å²) in [4.78, 5) is 25.1. The van der Waals surface area contributed by atoms with Crippen LogP contribution in [0.3, 0.4) is 0 Å². The lowest BCUT2D eigenvalue weighted by molar-refractivity contribution is -0.166. The van der Waals surface area contributed by atoms with Crippen molar-refractivity contribution in [2.24, 2.45) is 11.1 Å². The van der Waals surface area contributed by atoms with Gasteiger partial charge in [0, 0.05) is 35.2 Å². The van der Waals surface area contributed by atoms with Gasteiger partial charge in [0.2, 0.25) is 5.91 Å². The Morgan fingerprint density at radius 1 is 1.31 bits per heavy atom. The first-order chi connectivity index (χ1) is 11.9. The van der Waals surface area contributed by atoms with Crippen LogP contribution in [0.4, 0.5) is 5.69 Å². The average molecular weight is 361 g/mol. The normalized spacial score (nSPS) is 24.5. The molecule has 6 heteroatoms. The number of nitrogens with two attached hydrogens (primary N) is 1. The summed E-state index contributed by atoms with van der Waals surface area (Å²) in [7, 11) is 0. The molecule has 0 heterocycles. The molecule has 144 valence electrons. The van der Waals surface area contributed by atoms with E-state index in [9.17, 15) is 9.59 Å². The number of hydrogen-bond donors (Lipinski definition) is 3. The van der Waals surface area contributed by atoms with Crippen molar-refractivity contribution in [2.45, 2.75) is 65.1 Å². The molecule has 1 saturated carbocycles. The van der Waals surface area contributed by atoms with Crippen molar-refractivity contribution in [3.8, 4) is 0 Å². The molecule has 2 unspecified atom stereocenters. The number of benzene rings is 1. The SMILES string of the molecule is CCOC1CC(N)(C(=O)Nc2cccc(C(=O)NC(C)(C)C)c2)C1(C)C. The van der Waals surface area contributed by atoms with E-state index < -0.39 is 11.0 Å². The van der Waals surface area contributed by atoms with Crippen molar-refractivity contribution in [1.29, 1.82) is 0 Å². The lowest BCUT2D eigenvalue weighted by atomic mass is 9.54. The van der Waals surface area contributed by atoms with Crippen LogP contribution in [0.2, 0.25) is 0 Å². The first-order valence-electron chi connectivity index (χ1n) is 9.05. The molecule has 1 fully saturated rings. The second-order valence-corrected chi connectivity index (χ2v) is 8.58. The third-order valence-electron chi connectivity index (χ3n) is 5.11. The minimum atomic E-state index is -1.00. The number of carbonyl (C=O) groups is 2. The highest BCUT2D eigenvalue weighted by molar-refractivity contribution is 6.01. The second kappa shape index (κ2) is 7.00. The predicted molar refractivity (Wildman–Crippen MR) is 103 cm³/mol. The fraction of sp³-hybridized carbons (Fsp3) is 0.600. The van der Waals surface area contributed by atoms with Gasteiger partial charge in [0.15, 0.2) is 0 Å². The fourth-order valence-corrected chi connectivity index (χ4v) is 3.21. The Bertz CT molecular complexity index is 694. The monoisotopic (exact) mass is 361 g/mol. The Kier molecular flexibility index (Phi) is 5.49. The smallest absolute Gasteiger partial charge is 0.251 e. The topological polar surface area (TPSA) is 93.4 Å². The van der Waals surface area contributed by atoms with Crippen LogP contribution in [0, 0.1) is 5.41 Å². The molecule has 1 aromatic rings. The van der Waals surface area contributed by atoms with Crippen molar-refractivity contribution in [1.82, 2.24) is 5.32 Å². The van der Waals surface area contributed by atoms with Crippen LogP contribution in [0.25, 0.3) is 0 Å². The molecule has 1 aliphatic carbocycles. The van der Waals surface area contributed by atoms with Crippen molar-refractivity contribution in [2.75, 3.05) is 11.9 Å². The van der Waals surface area contributed by atoms with Gasteiger partial charge in [-0.15, -0.1) is 0 Å². The number of rotatable bonds is 5. The molecule has 0 bridgehead atoms. The van der Waals surface area contributed by atoms with Gasteiger partial charge in [-0.1, -0.05) is 19.9 Å². The van der Waals surface area contributed by atoms with E-state index in [2.05, 4.69) is 10.6 Å². The molecule has 0 spiro atoms. The predicted octanol–water partition coefficient (Wildman–Crippen LogP) is 2.69. The Morgan fingerprint density at radius 3 is 2.50 bits per heavy atom. The summed E-state index contributed by atoms with van der Waals surface area (Å²) in [5, 5.41) is 5.77. The van der Waals surface area contributed by atoms with Crippen molar-refractivity contribution < 1.29 is 14.3 Å². The first-order valence-corrected chi connectivity index (χ1v) is 9.05. The van der Waals surface area contributed by atoms with Gasteiger partial charge < -0.3 is 21.1 Å². The van der Waals surface area contributed by atoms with E-state index in [1.165, 1.54) is 0 Å². The third-order valence-corrected chi connectivity index (χ3v) is 5.11. The molecule has 2 amide bonds. The highest BCUT2D eigenvalue weighted by atomic mass is 16.5. The van der Waals surface area contributed by atoms with Gasteiger partial charge in [-0.25, -0.2) is 0 Å². The molecule has 4 N–H and O–H groups in total. The first kappa shape index (κ1) is 20.4. The van der Waals surface area contributed by atoms with Crippen LogP contribution in [0.1, 0.15) is 58.3 Å².